The summed E-state index contributed by atoms with van der Waals surface area (Å²) in [6.07, 6.45) is 5.44. The first-order valence-electron chi connectivity index (χ1n) is 14.1. The van der Waals surface area contributed by atoms with Crippen LogP contribution in [0.15, 0.2) is 52.9 Å². The molecule has 1 unspecified atom stereocenters. The third-order valence-corrected chi connectivity index (χ3v) is 8.52. The maximum absolute atomic E-state index is 13.8. The molecule has 5 rings (SSSR count). The zero-order valence-electron chi connectivity index (χ0n) is 23.3. The van der Waals surface area contributed by atoms with Crippen molar-refractivity contribution in [2.75, 3.05) is 24.3 Å². The van der Waals surface area contributed by atoms with Gasteiger partial charge < -0.3 is 19.8 Å². The number of para-hydroxylation sites is 1. The molecule has 3 amide bonds. The largest absolute Gasteiger partial charge is 0.523 e. The Hall–Kier alpha value is -4.12. The third kappa shape index (κ3) is 6.00. The van der Waals surface area contributed by atoms with Gasteiger partial charge in [-0.1, -0.05) is 29.4 Å². The first kappa shape index (κ1) is 28.4. The van der Waals surface area contributed by atoms with E-state index in [0.717, 1.165) is 38.5 Å². The molecule has 1 aromatic heterocycles. The smallest absolute Gasteiger partial charge is 0.423 e. The van der Waals surface area contributed by atoms with Crippen LogP contribution in [-0.4, -0.2) is 52.3 Å². The van der Waals surface area contributed by atoms with E-state index in [-0.39, 0.29) is 39.9 Å². The van der Waals surface area contributed by atoms with Crippen molar-refractivity contribution in [1.82, 2.24) is 10.2 Å². The quantitative estimate of drug-likeness (QED) is 0.327. The molecule has 1 aliphatic heterocycles. The lowest BCUT2D eigenvalue weighted by Crippen LogP contribution is -2.59. The minimum absolute atomic E-state index is 0.0122. The van der Waals surface area contributed by atoms with E-state index in [1.165, 1.54) is 24.8 Å². The number of hydrogen-bond acceptors (Lipinski definition) is 8. The number of carbonyl (C=O) groups excluding carboxylic acids is 3. The van der Waals surface area contributed by atoms with Gasteiger partial charge in [0.15, 0.2) is 0 Å². The Kier molecular flexibility index (Phi) is 8.44. The minimum Gasteiger partial charge on any atom is -0.423 e. The predicted molar refractivity (Wildman–Crippen MR) is 149 cm³/mol. The number of amides is 3. The van der Waals surface area contributed by atoms with E-state index >= 15 is 0 Å². The van der Waals surface area contributed by atoms with Crippen molar-refractivity contribution in [1.29, 1.82) is 0 Å². The molecule has 1 aliphatic carbocycles. The summed E-state index contributed by atoms with van der Waals surface area (Å²) in [4.78, 5) is 38.5. The maximum Gasteiger partial charge on any atom is 0.523 e. The van der Waals surface area contributed by atoms with Crippen LogP contribution in [0.25, 0.3) is 0 Å². The van der Waals surface area contributed by atoms with Crippen molar-refractivity contribution in [2.45, 2.75) is 63.8 Å². The monoisotopic (exact) mass is 564 g/mol. The number of nitrogens with zero attached hydrogens (tertiary/aromatic N) is 3. The summed E-state index contributed by atoms with van der Waals surface area (Å²) < 4.78 is 24.0. The van der Waals surface area contributed by atoms with E-state index in [2.05, 4.69) is 20.8 Å². The molecule has 11 heteroatoms. The number of quaternary nitrogens is 1. The average molecular weight is 565 g/mol. The Bertz CT molecular complexity index is 1400. The van der Waals surface area contributed by atoms with E-state index in [0.29, 0.717) is 24.6 Å². The molecule has 0 spiro atoms. The van der Waals surface area contributed by atoms with Gasteiger partial charge >= 0.3 is 29.8 Å². The zero-order chi connectivity index (χ0) is 29.0. The molecule has 2 fully saturated rings. The number of methoxy groups -OCH3 is 1. The van der Waals surface area contributed by atoms with Crippen LogP contribution in [0.5, 0.6) is 0 Å². The van der Waals surface area contributed by atoms with Gasteiger partial charge in [0.1, 0.15) is 11.9 Å². The zero-order valence-corrected chi connectivity index (χ0v) is 23.3. The fourth-order valence-corrected chi connectivity index (χ4v) is 6.16. The fourth-order valence-electron chi connectivity index (χ4n) is 6.16. The molecule has 2 aromatic carbocycles. The van der Waals surface area contributed by atoms with Crippen molar-refractivity contribution >= 4 is 35.3 Å². The minimum atomic E-state index is -0.572. The van der Waals surface area contributed by atoms with Crippen LogP contribution in [0.2, 0.25) is 0 Å². The van der Waals surface area contributed by atoms with E-state index in [4.69, 9.17) is 9.15 Å². The lowest BCUT2D eigenvalue weighted by Gasteiger charge is -2.34. The van der Waals surface area contributed by atoms with Gasteiger partial charge in [-0.25, -0.2) is 9.18 Å². The second-order valence-corrected chi connectivity index (χ2v) is 11.0. The van der Waals surface area contributed by atoms with Crippen molar-refractivity contribution in [3.63, 3.8) is 0 Å². The molecule has 1 saturated heterocycles. The van der Waals surface area contributed by atoms with Crippen LogP contribution in [0.4, 0.5) is 26.6 Å². The van der Waals surface area contributed by atoms with Gasteiger partial charge in [0.25, 0.3) is 0 Å². The van der Waals surface area contributed by atoms with Crippen LogP contribution in [0.3, 0.4) is 0 Å². The maximum atomic E-state index is 13.8. The summed E-state index contributed by atoms with van der Waals surface area (Å²) in [5.74, 6) is -0.692. The van der Waals surface area contributed by atoms with Crippen LogP contribution < -0.4 is 10.6 Å². The highest BCUT2D eigenvalue weighted by atomic mass is 19.1. The predicted octanol–water partition coefficient (Wildman–Crippen LogP) is 6.16. The highest BCUT2D eigenvalue weighted by Crippen LogP contribution is 2.39. The normalized spacial score (nSPS) is 24.0. The summed E-state index contributed by atoms with van der Waals surface area (Å²) in [7, 11) is 1.36. The Balaban J connectivity index is 1.12. The first-order valence-corrected chi connectivity index (χ1v) is 14.1. The van der Waals surface area contributed by atoms with Gasteiger partial charge in [0.05, 0.1) is 25.8 Å². The Morgan fingerprint density at radius 2 is 1.76 bits per heavy atom. The van der Waals surface area contributed by atoms with Gasteiger partial charge in [-0.05, 0) is 74.3 Å². The molecule has 216 valence electrons. The molecule has 2 N–H and O–H groups in total. The van der Waals surface area contributed by atoms with Gasteiger partial charge in [0, 0.05) is 18.5 Å². The molecule has 1 saturated carbocycles. The summed E-state index contributed by atoms with van der Waals surface area (Å²) in [5.41, 5.74) is 1.91. The topological polar surface area (TPSA) is 123 Å². The van der Waals surface area contributed by atoms with Crippen molar-refractivity contribution < 1.29 is 32.4 Å². The molecule has 0 bridgehead atoms. The van der Waals surface area contributed by atoms with E-state index in [1.54, 1.807) is 12.1 Å². The second-order valence-electron chi connectivity index (χ2n) is 11.0. The van der Waals surface area contributed by atoms with Gasteiger partial charge in [-0.3, -0.25) is 4.79 Å². The standard InChI is InChI=1S/C30H34FN5O5/c1-19-6-5-17-36(19,30(39)40-2)26(37)18-20-9-11-21(12-10-20)22-13-15-23(16-14-22)32-27(38)28-34-35-29(41-28)33-25-8-4-3-7-24(25)31/h3-4,7-8,13-16,19-21H,5-6,9-12,17-18H2,1-2H3,(H-,32,33,35,38)/p+1/t19-,20?,21?,36?/m1/s1. The number of anilines is 3. The van der Waals surface area contributed by atoms with Gasteiger partial charge in [-0.2, -0.15) is 9.28 Å². The molecule has 10 nitrogen and oxygen atoms in total. The number of nitrogens with one attached hydrogen (secondary N) is 2. The van der Waals surface area contributed by atoms with Crippen LogP contribution in [-0.2, 0) is 9.53 Å². The molecule has 2 heterocycles. The van der Waals surface area contributed by atoms with Crippen LogP contribution in [0, 0.1) is 11.7 Å². The molecule has 3 aromatic rings. The molecule has 2 atom stereocenters. The average Bonchev–Trinajstić information content (AvgIpc) is 3.62. The van der Waals surface area contributed by atoms with E-state index in [1.807, 2.05) is 31.2 Å². The van der Waals surface area contributed by atoms with E-state index in [9.17, 15) is 18.8 Å². The molecule has 41 heavy (non-hydrogen) atoms. The van der Waals surface area contributed by atoms with Gasteiger partial charge in [-0.15, -0.1) is 5.10 Å². The lowest BCUT2D eigenvalue weighted by molar-refractivity contribution is -0.793. The summed E-state index contributed by atoms with van der Waals surface area (Å²) in [6, 6.07) is 13.5. The van der Waals surface area contributed by atoms with Crippen LogP contribution >= 0.6 is 0 Å². The Labute approximate surface area is 237 Å². The van der Waals surface area contributed by atoms with Gasteiger partial charge in [0.2, 0.25) is 0 Å². The number of halogens is 1. The second kappa shape index (κ2) is 12.2. The van der Waals surface area contributed by atoms with E-state index < -0.39 is 17.8 Å². The number of ether oxygens (including phenoxy) is 1. The summed E-state index contributed by atoms with van der Waals surface area (Å²) >= 11 is 0. The van der Waals surface area contributed by atoms with Crippen LogP contribution in [0.1, 0.15) is 74.0 Å². The number of hydrogen-bond donors (Lipinski definition) is 2. The number of benzene rings is 2. The Morgan fingerprint density at radius 3 is 2.41 bits per heavy atom. The number of imide groups is 1. The highest BCUT2D eigenvalue weighted by Gasteiger charge is 2.53. The Morgan fingerprint density at radius 1 is 1.02 bits per heavy atom. The summed E-state index contributed by atoms with van der Waals surface area (Å²) in [6.45, 7) is 2.50. The molecular formula is C30H35FN5O5+. The molecular weight excluding hydrogens is 529 g/mol. The third-order valence-electron chi connectivity index (χ3n) is 8.52. The number of aromatic nitrogens is 2. The van der Waals surface area contributed by atoms with Crippen molar-refractivity contribution in [2.24, 2.45) is 5.92 Å². The summed E-state index contributed by atoms with van der Waals surface area (Å²) in [5, 5.41) is 12.9. The number of likely N-dealkylation sites (tertiary alicyclic amines) is 1. The fraction of sp³-hybridized carbons (Fsp3) is 0.433. The number of rotatable bonds is 7. The molecule has 0 radical (unpaired) electrons. The lowest BCUT2D eigenvalue weighted by atomic mass is 9.77. The van der Waals surface area contributed by atoms with Crippen molar-refractivity contribution in [3.05, 3.63) is 65.8 Å². The SMILES string of the molecule is COC(=O)[N+]1(C(=O)CC2CCC(c3ccc(NC(=O)c4nnc(Nc5ccccc5F)o4)cc3)CC2)CCC[C@H]1C. The molecule has 2 aliphatic rings. The van der Waals surface area contributed by atoms with Crippen molar-refractivity contribution in [3.8, 4) is 0 Å². The highest BCUT2D eigenvalue weighted by molar-refractivity contribution is 6.00. The number of carbonyl (C=O) groups is 3. The first-order chi connectivity index (χ1) is 19.8.